The first-order valence-corrected chi connectivity index (χ1v) is 11.6. The molecule has 0 saturated carbocycles. The van der Waals surface area contributed by atoms with E-state index in [1.165, 1.54) is 11.1 Å². The van der Waals surface area contributed by atoms with Crippen molar-refractivity contribution in [3.05, 3.63) is 83.4 Å². The SMILES string of the molecule is CCc1ccc(OCC2c3cc(OC)c(OC)cc3CCN2C(=S)Nc2ccccc2)cc1. The van der Waals surface area contributed by atoms with Gasteiger partial charge < -0.3 is 24.4 Å². The van der Waals surface area contributed by atoms with Crippen LogP contribution in [0.25, 0.3) is 0 Å². The van der Waals surface area contributed by atoms with Crippen molar-refractivity contribution in [2.75, 3.05) is 32.7 Å². The molecular formula is C27H30N2O3S. The van der Waals surface area contributed by atoms with Crippen molar-refractivity contribution < 1.29 is 14.2 Å². The van der Waals surface area contributed by atoms with E-state index in [4.69, 9.17) is 26.4 Å². The molecule has 6 heteroatoms. The highest BCUT2D eigenvalue weighted by atomic mass is 32.1. The van der Waals surface area contributed by atoms with E-state index in [0.29, 0.717) is 17.5 Å². The van der Waals surface area contributed by atoms with Crippen LogP contribution in [-0.2, 0) is 12.8 Å². The van der Waals surface area contributed by atoms with Crippen LogP contribution in [0.4, 0.5) is 5.69 Å². The number of anilines is 1. The molecule has 0 amide bonds. The van der Waals surface area contributed by atoms with Crippen LogP contribution < -0.4 is 19.5 Å². The molecule has 3 aromatic carbocycles. The van der Waals surface area contributed by atoms with Crippen molar-refractivity contribution in [2.45, 2.75) is 25.8 Å². The minimum absolute atomic E-state index is 0.0666. The predicted molar refractivity (Wildman–Crippen MR) is 137 cm³/mol. The summed E-state index contributed by atoms with van der Waals surface area (Å²) in [5.74, 6) is 2.29. The Morgan fingerprint density at radius 2 is 1.70 bits per heavy atom. The molecule has 4 rings (SSSR count). The molecule has 5 nitrogen and oxygen atoms in total. The quantitative estimate of drug-likeness (QED) is 0.458. The number of thiocarbonyl (C=S) groups is 1. The molecule has 0 fully saturated rings. The molecule has 0 aromatic heterocycles. The number of nitrogens with zero attached hydrogens (tertiary/aromatic N) is 1. The highest BCUT2D eigenvalue weighted by Crippen LogP contribution is 2.38. The Labute approximate surface area is 201 Å². The van der Waals surface area contributed by atoms with E-state index in [1.807, 2.05) is 42.5 Å². The topological polar surface area (TPSA) is 43.0 Å². The predicted octanol–water partition coefficient (Wildman–Crippen LogP) is 5.64. The molecule has 0 radical (unpaired) electrons. The lowest BCUT2D eigenvalue weighted by Crippen LogP contribution is -2.44. The Bertz CT molecular complexity index is 1090. The second-order valence-corrected chi connectivity index (χ2v) is 8.36. The van der Waals surface area contributed by atoms with Crippen LogP contribution in [-0.4, -0.2) is 37.4 Å². The molecule has 1 heterocycles. The van der Waals surface area contributed by atoms with Gasteiger partial charge in [0.1, 0.15) is 12.4 Å². The van der Waals surface area contributed by atoms with Crippen LogP contribution in [0.3, 0.4) is 0 Å². The Morgan fingerprint density at radius 3 is 2.36 bits per heavy atom. The number of benzene rings is 3. The fourth-order valence-corrected chi connectivity index (χ4v) is 4.50. The summed E-state index contributed by atoms with van der Waals surface area (Å²) in [6, 6.07) is 22.3. The van der Waals surface area contributed by atoms with Gasteiger partial charge in [-0.25, -0.2) is 0 Å². The van der Waals surface area contributed by atoms with E-state index >= 15 is 0 Å². The number of rotatable bonds is 7. The van der Waals surface area contributed by atoms with Gasteiger partial charge in [-0.15, -0.1) is 0 Å². The summed E-state index contributed by atoms with van der Waals surface area (Å²) in [5, 5.41) is 4.06. The molecule has 0 aliphatic carbocycles. The molecule has 1 atom stereocenters. The molecule has 3 aromatic rings. The van der Waals surface area contributed by atoms with Gasteiger partial charge in [0.15, 0.2) is 16.6 Å². The second-order valence-electron chi connectivity index (χ2n) is 7.97. The summed E-state index contributed by atoms with van der Waals surface area (Å²) in [6.45, 7) is 3.39. The average Bonchev–Trinajstić information content (AvgIpc) is 2.87. The fourth-order valence-electron chi connectivity index (χ4n) is 4.16. The minimum Gasteiger partial charge on any atom is -0.493 e. The van der Waals surface area contributed by atoms with Crippen LogP contribution >= 0.6 is 12.2 Å². The third-order valence-corrected chi connectivity index (χ3v) is 6.36. The molecule has 172 valence electrons. The third kappa shape index (κ3) is 5.22. The Kier molecular flexibility index (Phi) is 7.35. The Morgan fingerprint density at radius 1 is 1.00 bits per heavy atom. The van der Waals surface area contributed by atoms with Gasteiger partial charge in [-0.05, 0) is 78.1 Å². The lowest BCUT2D eigenvalue weighted by molar-refractivity contribution is 0.190. The monoisotopic (exact) mass is 462 g/mol. The van der Waals surface area contributed by atoms with E-state index in [-0.39, 0.29) is 6.04 Å². The lowest BCUT2D eigenvalue weighted by Gasteiger charge is -2.39. The minimum atomic E-state index is -0.0666. The summed E-state index contributed by atoms with van der Waals surface area (Å²) in [4.78, 5) is 2.21. The number of methoxy groups -OCH3 is 2. The fraction of sp³-hybridized carbons (Fsp3) is 0.296. The van der Waals surface area contributed by atoms with Crippen molar-refractivity contribution in [3.8, 4) is 17.2 Å². The number of aryl methyl sites for hydroxylation is 1. The second kappa shape index (κ2) is 10.6. The van der Waals surface area contributed by atoms with E-state index in [1.54, 1.807) is 14.2 Å². The van der Waals surface area contributed by atoms with Gasteiger partial charge in [0.25, 0.3) is 0 Å². The Balaban J connectivity index is 1.63. The molecule has 1 N–H and O–H groups in total. The zero-order chi connectivity index (χ0) is 23.2. The van der Waals surface area contributed by atoms with Crippen LogP contribution in [0.15, 0.2) is 66.7 Å². The summed E-state index contributed by atoms with van der Waals surface area (Å²) >= 11 is 5.84. The lowest BCUT2D eigenvalue weighted by atomic mass is 9.92. The number of hydrogen-bond donors (Lipinski definition) is 1. The molecular weight excluding hydrogens is 432 g/mol. The van der Waals surface area contributed by atoms with Crippen LogP contribution in [0, 0.1) is 0 Å². The van der Waals surface area contributed by atoms with Crippen molar-refractivity contribution in [2.24, 2.45) is 0 Å². The molecule has 33 heavy (non-hydrogen) atoms. The highest BCUT2D eigenvalue weighted by Gasteiger charge is 2.31. The van der Waals surface area contributed by atoms with Gasteiger partial charge in [0.2, 0.25) is 0 Å². The van der Waals surface area contributed by atoms with Gasteiger partial charge in [0.05, 0.1) is 20.3 Å². The number of nitrogens with one attached hydrogen (secondary N) is 1. The number of hydrogen-bond acceptors (Lipinski definition) is 4. The largest absolute Gasteiger partial charge is 0.493 e. The van der Waals surface area contributed by atoms with E-state index < -0.39 is 0 Å². The summed E-state index contributed by atoms with van der Waals surface area (Å²) in [6.07, 6.45) is 1.86. The number of fused-ring (bicyclic) bond motifs is 1. The number of para-hydroxylation sites is 1. The summed E-state index contributed by atoms with van der Waals surface area (Å²) in [5.41, 5.74) is 4.62. The first-order chi connectivity index (χ1) is 16.1. The van der Waals surface area contributed by atoms with Crippen LogP contribution in [0.1, 0.15) is 29.7 Å². The summed E-state index contributed by atoms with van der Waals surface area (Å²) < 4.78 is 17.4. The zero-order valence-corrected chi connectivity index (χ0v) is 20.2. The number of ether oxygens (including phenoxy) is 3. The van der Waals surface area contributed by atoms with Crippen molar-refractivity contribution in [3.63, 3.8) is 0 Å². The van der Waals surface area contributed by atoms with E-state index in [0.717, 1.165) is 42.1 Å². The summed E-state index contributed by atoms with van der Waals surface area (Å²) in [7, 11) is 3.33. The maximum Gasteiger partial charge on any atom is 0.174 e. The average molecular weight is 463 g/mol. The van der Waals surface area contributed by atoms with Gasteiger partial charge in [-0.1, -0.05) is 37.3 Å². The molecule has 1 aliphatic heterocycles. The molecule has 1 unspecified atom stereocenters. The van der Waals surface area contributed by atoms with E-state index in [9.17, 15) is 0 Å². The Hall–Kier alpha value is -3.25. The van der Waals surface area contributed by atoms with E-state index in [2.05, 4.69) is 41.4 Å². The van der Waals surface area contributed by atoms with Crippen LogP contribution in [0.5, 0.6) is 17.2 Å². The van der Waals surface area contributed by atoms with Gasteiger partial charge in [0, 0.05) is 12.2 Å². The van der Waals surface area contributed by atoms with Crippen molar-refractivity contribution >= 4 is 23.0 Å². The smallest absolute Gasteiger partial charge is 0.174 e. The molecule has 1 aliphatic rings. The first-order valence-electron chi connectivity index (χ1n) is 11.2. The zero-order valence-electron chi connectivity index (χ0n) is 19.3. The highest BCUT2D eigenvalue weighted by molar-refractivity contribution is 7.80. The first kappa shape index (κ1) is 22.9. The molecule has 0 saturated heterocycles. The van der Waals surface area contributed by atoms with Crippen molar-refractivity contribution in [1.82, 2.24) is 4.90 Å². The third-order valence-electron chi connectivity index (χ3n) is 6.03. The molecule has 0 spiro atoms. The van der Waals surface area contributed by atoms with Crippen molar-refractivity contribution in [1.29, 1.82) is 0 Å². The van der Waals surface area contributed by atoms with Crippen LogP contribution in [0.2, 0.25) is 0 Å². The maximum atomic E-state index is 6.26. The van der Waals surface area contributed by atoms with Gasteiger partial charge in [-0.3, -0.25) is 0 Å². The normalized spacial score (nSPS) is 14.9. The van der Waals surface area contributed by atoms with Gasteiger partial charge in [-0.2, -0.15) is 0 Å². The van der Waals surface area contributed by atoms with Gasteiger partial charge >= 0.3 is 0 Å². The maximum absolute atomic E-state index is 6.26. The standard InChI is InChI=1S/C27H30N2O3S/c1-4-19-10-12-22(13-11-19)32-18-24-23-17-26(31-3)25(30-2)16-20(23)14-15-29(24)27(33)28-21-8-6-5-7-9-21/h5-13,16-17,24H,4,14-15,18H2,1-3H3,(H,28,33). The molecule has 0 bridgehead atoms.